The molecule has 2 aromatic heterocycles. The smallest absolute Gasteiger partial charge is 0.255 e. The molecule has 40 heavy (non-hydrogen) atoms. The molecule has 0 atom stereocenters. The van der Waals surface area contributed by atoms with Crippen LogP contribution in [0.5, 0.6) is 0 Å². The van der Waals surface area contributed by atoms with Gasteiger partial charge in [0, 0.05) is 60.8 Å². The summed E-state index contributed by atoms with van der Waals surface area (Å²) >= 11 is 0. The van der Waals surface area contributed by atoms with Gasteiger partial charge in [-0.25, -0.2) is 9.97 Å². The number of hydrogen-bond acceptors (Lipinski definition) is 5. The first-order chi connectivity index (χ1) is 19.2. The van der Waals surface area contributed by atoms with Crippen LogP contribution < -0.4 is 16.0 Å². The van der Waals surface area contributed by atoms with E-state index in [2.05, 4.69) is 46.7 Å². The van der Waals surface area contributed by atoms with E-state index in [4.69, 9.17) is 4.98 Å². The molecule has 0 saturated heterocycles. The highest BCUT2D eigenvalue weighted by Gasteiger charge is 2.15. The summed E-state index contributed by atoms with van der Waals surface area (Å²) in [5.74, 6) is 1.29. The van der Waals surface area contributed by atoms with Crippen LogP contribution >= 0.6 is 0 Å². The predicted molar refractivity (Wildman–Crippen MR) is 163 cm³/mol. The molecule has 0 aliphatic rings. The minimum absolute atomic E-state index is 0.0315. The lowest BCUT2D eigenvalue weighted by Crippen LogP contribution is -2.19. The van der Waals surface area contributed by atoms with Crippen LogP contribution in [0.4, 0.5) is 17.2 Å². The maximum atomic E-state index is 13.0. The number of rotatable bonds is 6. The third-order valence-electron chi connectivity index (χ3n) is 6.68. The highest BCUT2D eigenvalue weighted by molar-refractivity contribution is 6.04. The molecule has 0 saturated carbocycles. The molecule has 3 aromatic carbocycles. The Hall–Kier alpha value is -4.98. The predicted octanol–water partition coefficient (Wildman–Crippen LogP) is 6.29. The summed E-state index contributed by atoms with van der Waals surface area (Å²) in [4.78, 5) is 26.6. The first-order valence-electron chi connectivity index (χ1n) is 13.1. The zero-order valence-corrected chi connectivity index (χ0v) is 23.4. The molecule has 0 radical (unpaired) electrons. The number of benzene rings is 3. The Morgan fingerprint density at radius 2 is 1.65 bits per heavy atom. The molecule has 0 fully saturated rings. The number of hydrogen-bond donors (Lipinski definition) is 3. The number of carbonyl (C=O) groups excluding carboxylic acids is 1. The van der Waals surface area contributed by atoms with Crippen LogP contribution in [-0.4, -0.2) is 40.2 Å². The highest BCUT2D eigenvalue weighted by atomic mass is 16.1. The third kappa shape index (κ3) is 5.71. The first kappa shape index (κ1) is 26.6. The topological polar surface area (TPSA) is 95.7 Å². The maximum absolute atomic E-state index is 13.0. The molecular weight excluding hydrogens is 498 g/mol. The number of fused-ring (bicyclic) bond motifs is 1. The Labute approximate surface area is 234 Å². The second kappa shape index (κ2) is 11.0. The summed E-state index contributed by atoms with van der Waals surface area (Å²) in [7, 11) is 3.61. The quantitative estimate of drug-likeness (QED) is 0.177. The van der Waals surface area contributed by atoms with Gasteiger partial charge in [0.1, 0.15) is 5.84 Å². The number of carbonyl (C=O) groups is 1. The van der Waals surface area contributed by atoms with Gasteiger partial charge in [-0.15, -0.1) is 0 Å². The number of amides is 1. The van der Waals surface area contributed by atoms with Gasteiger partial charge in [-0.2, -0.15) is 0 Å². The second-order valence-corrected chi connectivity index (χ2v) is 10.5. The zero-order chi connectivity index (χ0) is 28.3. The van der Waals surface area contributed by atoms with E-state index in [-0.39, 0.29) is 11.3 Å². The van der Waals surface area contributed by atoms with Crippen LogP contribution in [0.1, 0.15) is 42.3 Å². The Morgan fingerprint density at radius 1 is 0.925 bits per heavy atom. The fraction of sp³-hybridized carbons (Fsp3) is 0.188. The van der Waals surface area contributed by atoms with Crippen LogP contribution in [0.15, 0.2) is 96.4 Å². The molecule has 8 nitrogen and oxygen atoms in total. The van der Waals surface area contributed by atoms with E-state index in [1.807, 2.05) is 96.6 Å². The molecule has 8 heteroatoms. The van der Waals surface area contributed by atoms with Gasteiger partial charge in [-0.3, -0.25) is 9.79 Å². The molecule has 0 aliphatic heterocycles. The van der Waals surface area contributed by atoms with Crippen molar-refractivity contribution in [3.05, 3.63) is 108 Å². The molecule has 202 valence electrons. The van der Waals surface area contributed by atoms with Crippen LogP contribution in [0.25, 0.3) is 16.9 Å². The number of nitrogens with one attached hydrogen (secondary N) is 3. The SMILES string of the molecule is CN=C(NC)c1ccc(Nc2nc(-c3cccc(NC(=O)c4ccc(C(C)(C)C)cc4)c3)cn3ccnc23)cc1. The van der Waals surface area contributed by atoms with Crippen LogP contribution in [-0.2, 0) is 5.41 Å². The summed E-state index contributed by atoms with van der Waals surface area (Å²) < 4.78 is 1.93. The molecule has 1 amide bonds. The number of amidine groups is 1. The van der Waals surface area contributed by atoms with E-state index in [0.717, 1.165) is 28.3 Å². The van der Waals surface area contributed by atoms with Crippen molar-refractivity contribution in [3.8, 4) is 11.3 Å². The molecule has 5 aromatic rings. The summed E-state index contributed by atoms with van der Waals surface area (Å²) in [6.45, 7) is 6.46. The fourth-order valence-electron chi connectivity index (χ4n) is 4.47. The maximum Gasteiger partial charge on any atom is 0.255 e. The number of aliphatic imine (C=N–C) groups is 1. The van der Waals surface area contributed by atoms with Crippen LogP contribution in [0.2, 0.25) is 0 Å². The zero-order valence-electron chi connectivity index (χ0n) is 23.4. The summed E-state index contributed by atoms with van der Waals surface area (Å²) in [6, 6.07) is 23.4. The lowest BCUT2D eigenvalue weighted by Gasteiger charge is -2.19. The molecule has 0 bridgehead atoms. The fourth-order valence-corrected chi connectivity index (χ4v) is 4.47. The standard InChI is InChI=1S/C32H33N7O/c1-32(2,3)24-13-9-22(10-14-24)31(40)37-26-8-6-7-23(19-26)27-20-39-18-17-35-30(39)29(38-27)36-25-15-11-21(12-16-25)28(33-4)34-5/h6-20H,1-5H3,(H,33,34)(H,36,38)(H,37,40). The average Bonchev–Trinajstić information content (AvgIpc) is 3.44. The Balaban J connectivity index is 1.39. The molecule has 0 aliphatic carbocycles. The number of anilines is 3. The highest BCUT2D eigenvalue weighted by Crippen LogP contribution is 2.27. The van der Waals surface area contributed by atoms with Gasteiger partial charge in [0.15, 0.2) is 11.5 Å². The van der Waals surface area contributed by atoms with Crippen molar-refractivity contribution in [3.63, 3.8) is 0 Å². The number of nitrogens with zero attached hydrogens (tertiary/aromatic N) is 4. The van der Waals surface area contributed by atoms with Crippen molar-refractivity contribution in [2.45, 2.75) is 26.2 Å². The largest absolute Gasteiger partial charge is 0.373 e. The summed E-state index contributed by atoms with van der Waals surface area (Å²) in [6.07, 6.45) is 5.56. The van der Waals surface area contributed by atoms with Crippen molar-refractivity contribution in [2.24, 2.45) is 4.99 Å². The second-order valence-electron chi connectivity index (χ2n) is 10.5. The van der Waals surface area contributed by atoms with E-state index >= 15 is 0 Å². The van der Waals surface area contributed by atoms with Crippen molar-refractivity contribution >= 4 is 34.6 Å². The molecule has 2 heterocycles. The first-order valence-corrected chi connectivity index (χ1v) is 13.1. The molecule has 3 N–H and O–H groups in total. The van der Waals surface area contributed by atoms with Gasteiger partial charge in [0.2, 0.25) is 0 Å². The minimum Gasteiger partial charge on any atom is -0.373 e. The lowest BCUT2D eigenvalue weighted by atomic mass is 9.87. The van der Waals surface area contributed by atoms with Gasteiger partial charge < -0.3 is 20.4 Å². The minimum atomic E-state index is -0.156. The molecule has 0 unspecified atom stereocenters. The van der Waals surface area contributed by atoms with Gasteiger partial charge in [-0.05, 0) is 59.5 Å². The van der Waals surface area contributed by atoms with E-state index in [1.165, 1.54) is 5.56 Å². The third-order valence-corrected chi connectivity index (χ3v) is 6.68. The molecule has 0 spiro atoms. The van der Waals surface area contributed by atoms with Crippen molar-refractivity contribution < 1.29 is 4.79 Å². The van der Waals surface area contributed by atoms with Crippen molar-refractivity contribution in [1.82, 2.24) is 19.7 Å². The number of aromatic nitrogens is 3. The summed E-state index contributed by atoms with van der Waals surface area (Å²) in [5.41, 5.74) is 6.71. The van der Waals surface area contributed by atoms with E-state index in [0.29, 0.717) is 22.7 Å². The van der Waals surface area contributed by atoms with E-state index in [9.17, 15) is 4.79 Å². The van der Waals surface area contributed by atoms with Gasteiger partial charge in [-0.1, -0.05) is 45.0 Å². The van der Waals surface area contributed by atoms with Crippen molar-refractivity contribution in [1.29, 1.82) is 0 Å². The molecule has 5 rings (SSSR count). The Morgan fingerprint density at radius 3 is 2.33 bits per heavy atom. The van der Waals surface area contributed by atoms with Crippen LogP contribution in [0.3, 0.4) is 0 Å². The van der Waals surface area contributed by atoms with Crippen LogP contribution in [0, 0.1) is 0 Å². The van der Waals surface area contributed by atoms with Gasteiger partial charge in [0.25, 0.3) is 5.91 Å². The van der Waals surface area contributed by atoms with E-state index < -0.39 is 0 Å². The Bertz CT molecular complexity index is 1680. The average molecular weight is 532 g/mol. The van der Waals surface area contributed by atoms with Gasteiger partial charge in [0.05, 0.1) is 5.69 Å². The lowest BCUT2D eigenvalue weighted by molar-refractivity contribution is 0.102. The number of imidazole rings is 1. The van der Waals surface area contributed by atoms with E-state index in [1.54, 1.807) is 13.2 Å². The van der Waals surface area contributed by atoms with Crippen molar-refractivity contribution in [2.75, 3.05) is 24.7 Å². The monoisotopic (exact) mass is 531 g/mol. The normalized spacial score (nSPS) is 11.9. The molecular formula is C32H33N7O. The van der Waals surface area contributed by atoms with Gasteiger partial charge >= 0.3 is 0 Å². The Kier molecular flexibility index (Phi) is 7.33. The summed E-state index contributed by atoms with van der Waals surface area (Å²) in [5, 5.41) is 9.52.